The number of nitrogens with zero attached hydrogens (tertiary/aromatic N) is 3. The van der Waals surface area contributed by atoms with Crippen LogP contribution in [0.15, 0.2) is 59.8 Å². The van der Waals surface area contributed by atoms with Crippen LogP contribution < -0.4 is 5.32 Å². The van der Waals surface area contributed by atoms with E-state index in [1.54, 1.807) is 12.1 Å². The molecule has 3 aromatic rings. The number of aromatic nitrogens is 3. The van der Waals surface area contributed by atoms with Crippen LogP contribution in [0, 0.1) is 0 Å². The van der Waals surface area contributed by atoms with E-state index in [1.165, 1.54) is 11.8 Å². The number of benzene rings is 2. The standard InChI is InChI=1S/C19H17ClN4OS/c20-15-8-4-5-9-16(15)21-17(25)12-26-19-22-18(13-10-11-13)24(23-19)14-6-2-1-3-7-14/h1-9,13H,10-12H2,(H,21,25). The summed E-state index contributed by atoms with van der Waals surface area (Å²) < 4.78 is 1.89. The Hall–Kier alpha value is -2.31. The number of nitrogens with one attached hydrogen (secondary N) is 1. The highest BCUT2D eigenvalue weighted by Gasteiger charge is 2.30. The molecule has 7 heteroatoms. The SMILES string of the molecule is O=C(CSc1nc(C2CC2)n(-c2ccccc2)n1)Nc1ccccc1Cl. The molecule has 1 heterocycles. The van der Waals surface area contributed by atoms with Gasteiger partial charge in [-0.2, -0.15) is 0 Å². The third-order valence-corrected chi connectivity index (χ3v) is 5.20. The average molecular weight is 385 g/mol. The van der Waals surface area contributed by atoms with Gasteiger partial charge in [-0.15, -0.1) is 5.10 Å². The summed E-state index contributed by atoms with van der Waals surface area (Å²) in [6.45, 7) is 0. The number of rotatable bonds is 6. The number of carbonyl (C=O) groups is 1. The molecule has 1 aromatic heterocycles. The monoisotopic (exact) mass is 384 g/mol. The molecule has 1 fully saturated rings. The Morgan fingerprint density at radius 3 is 2.62 bits per heavy atom. The van der Waals surface area contributed by atoms with Crippen LogP contribution in [-0.2, 0) is 4.79 Å². The van der Waals surface area contributed by atoms with Gasteiger partial charge in [0.05, 0.1) is 22.2 Å². The maximum Gasteiger partial charge on any atom is 0.234 e. The smallest absolute Gasteiger partial charge is 0.234 e. The van der Waals surface area contributed by atoms with Gasteiger partial charge in [-0.25, -0.2) is 9.67 Å². The van der Waals surface area contributed by atoms with Gasteiger partial charge >= 0.3 is 0 Å². The number of para-hydroxylation sites is 2. The Labute approximate surface area is 160 Å². The lowest BCUT2D eigenvalue weighted by Crippen LogP contribution is -2.14. The predicted octanol–water partition coefficient (Wildman–Crippen LogP) is 4.53. The van der Waals surface area contributed by atoms with Crippen molar-refractivity contribution in [3.8, 4) is 5.69 Å². The van der Waals surface area contributed by atoms with Crippen molar-refractivity contribution in [2.75, 3.05) is 11.1 Å². The van der Waals surface area contributed by atoms with E-state index in [-0.39, 0.29) is 11.7 Å². The third-order valence-electron chi connectivity index (χ3n) is 4.04. The number of anilines is 1. The largest absolute Gasteiger partial charge is 0.324 e. The Kier molecular flexibility index (Phi) is 4.95. The second-order valence-electron chi connectivity index (χ2n) is 6.09. The zero-order valence-electron chi connectivity index (χ0n) is 13.9. The number of carbonyl (C=O) groups excluding carboxylic acids is 1. The van der Waals surface area contributed by atoms with E-state index in [1.807, 2.05) is 47.1 Å². The van der Waals surface area contributed by atoms with Gasteiger partial charge in [-0.3, -0.25) is 4.79 Å². The van der Waals surface area contributed by atoms with Gasteiger partial charge < -0.3 is 5.32 Å². The van der Waals surface area contributed by atoms with Crippen molar-refractivity contribution >= 4 is 35.0 Å². The van der Waals surface area contributed by atoms with Crippen molar-refractivity contribution in [2.24, 2.45) is 0 Å². The third kappa shape index (κ3) is 3.92. The molecule has 1 aliphatic carbocycles. The molecular weight excluding hydrogens is 368 g/mol. The highest BCUT2D eigenvalue weighted by atomic mass is 35.5. The van der Waals surface area contributed by atoms with Crippen LogP contribution in [-0.4, -0.2) is 26.4 Å². The van der Waals surface area contributed by atoms with Gasteiger partial charge in [0.2, 0.25) is 11.1 Å². The summed E-state index contributed by atoms with van der Waals surface area (Å²) in [5.41, 5.74) is 1.61. The number of thioether (sulfide) groups is 1. The molecule has 1 amide bonds. The van der Waals surface area contributed by atoms with Crippen LogP contribution in [0.3, 0.4) is 0 Å². The molecular formula is C19H17ClN4OS. The average Bonchev–Trinajstić information content (AvgIpc) is 3.42. The van der Waals surface area contributed by atoms with Crippen molar-refractivity contribution in [1.29, 1.82) is 0 Å². The van der Waals surface area contributed by atoms with E-state index in [0.717, 1.165) is 24.4 Å². The summed E-state index contributed by atoms with van der Waals surface area (Å²) >= 11 is 7.40. The van der Waals surface area contributed by atoms with Crippen LogP contribution in [0.25, 0.3) is 5.69 Å². The maximum atomic E-state index is 12.2. The summed E-state index contributed by atoms with van der Waals surface area (Å²) in [6, 6.07) is 17.2. The van der Waals surface area contributed by atoms with Gasteiger partial charge in [0.1, 0.15) is 5.82 Å². The van der Waals surface area contributed by atoms with Crippen LogP contribution in [0.1, 0.15) is 24.6 Å². The lowest BCUT2D eigenvalue weighted by atomic mass is 10.3. The number of halogens is 1. The second kappa shape index (κ2) is 7.51. The van der Waals surface area contributed by atoms with Crippen molar-refractivity contribution in [1.82, 2.24) is 14.8 Å². The molecule has 26 heavy (non-hydrogen) atoms. The highest BCUT2D eigenvalue weighted by molar-refractivity contribution is 7.99. The van der Waals surface area contributed by atoms with Gasteiger partial charge in [-0.1, -0.05) is 53.7 Å². The van der Waals surface area contributed by atoms with Crippen molar-refractivity contribution in [2.45, 2.75) is 23.9 Å². The Morgan fingerprint density at radius 2 is 1.88 bits per heavy atom. The fourth-order valence-electron chi connectivity index (χ4n) is 2.61. The Balaban J connectivity index is 1.45. The Morgan fingerprint density at radius 1 is 1.15 bits per heavy atom. The summed E-state index contributed by atoms with van der Waals surface area (Å²) in [5.74, 6) is 1.54. The summed E-state index contributed by atoms with van der Waals surface area (Å²) in [7, 11) is 0. The molecule has 0 aliphatic heterocycles. The second-order valence-corrected chi connectivity index (χ2v) is 7.44. The Bertz CT molecular complexity index is 924. The van der Waals surface area contributed by atoms with Crippen LogP contribution in [0.4, 0.5) is 5.69 Å². The predicted molar refractivity (Wildman–Crippen MR) is 104 cm³/mol. The van der Waals surface area contributed by atoms with Gasteiger partial charge in [0.15, 0.2) is 0 Å². The quantitative estimate of drug-likeness (QED) is 0.634. The topological polar surface area (TPSA) is 59.8 Å². The van der Waals surface area contributed by atoms with Gasteiger partial charge in [-0.05, 0) is 37.1 Å². The molecule has 0 radical (unpaired) electrons. The van der Waals surface area contributed by atoms with Crippen molar-refractivity contribution in [3.63, 3.8) is 0 Å². The minimum Gasteiger partial charge on any atom is -0.324 e. The minimum absolute atomic E-state index is 0.132. The zero-order chi connectivity index (χ0) is 17.9. The van der Waals surface area contributed by atoms with Crippen molar-refractivity contribution < 1.29 is 4.79 Å². The number of hydrogen-bond acceptors (Lipinski definition) is 4. The fraction of sp³-hybridized carbons (Fsp3) is 0.211. The zero-order valence-corrected chi connectivity index (χ0v) is 15.5. The van der Waals surface area contributed by atoms with Crippen LogP contribution >= 0.6 is 23.4 Å². The first-order valence-corrected chi connectivity index (χ1v) is 9.76. The molecule has 0 saturated heterocycles. The number of hydrogen-bond donors (Lipinski definition) is 1. The molecule has 1 aliphatic rings. The molecule has 2 aromatic carbocycles. The normalized spacial score (nSPS) is 13.6. The molecule has 0 atom stereocenters. The lowest BCUT2D eigenvalue weighted by Gasteiger charge is -2.05. The van der Waals surface area contributed by atoms with E-state index in [0.29, 0.717) is 21.8 Å². The molecule has 0 spiro atoms. The van der Waals surface area contributed by atoms with Crippen LogP contribution in [0.2, 0.25) is 5.02 Å². The molecule has 0 bridgehead atoms. The maximum absolute atomic E-state index is 12.2. The van der Waals surface area contributed by atoms with E-state index in [4.69, 9.17) is 11.6 Å². The van der Waals surface area contributed by atoms with Gasteiger partial charge in [0.25, 0.3) is 0 Å². The lowest BCUT2D eigenvalue weighted by molar-refractivity contribution is -0.113. The minimum atomic E-state index is -0.132. The number of amides is 1. The summed E-state index contributed by atoms with van der Waals surface area (Å²) in [5, 5.41) is 8.55. The first kappa shape index (κ1) is 17.1. The molecule has 1 saturated carbocycles. The van der Waals surface area contributed by atoms with E-state index in [9.17, 15) is 4.79 Å². The van der Waals surface area contributed by atoms with E-state index < -0.39 is 0 Å². The van der Waals surface area contributed by atoms with E-state index >= 15 is 0 Å². The van der Waals surface area contributed by atoms with Crippen LogP contribution in [0.5, 0.6) is 0 Å². The van der Waals surface area contributed by atoms with Gasteiger partial charge in [0, 0.05) is 5.92 Å². The first-order chi connectivity index (χ1) is 12.7. The fourth-order valence-corrected chi connectivity index (χ4v) is 3.42. The molecule has 0 unspecified atom stereocenters. The molecule has 5 nitrogen and oxygen atoms in total. The summed E-state index contributed by atoms with van der Waals surface area (Å²) in [4.78, 5) is 16.8. The molecule has 4 rings (SSSR count). The summed E-state index contributed by atoms with van der Waals surface area (Å²) in [6.07, 6.45) is 2.28. The van der Waals surface area contributed by atoms with E-state index in [2.05, 4.69) is 15.4 Å². The van der Waals surface area contributed by atoms with Crippen molar-refractivity contribution in [3.05, 3.63) is 65.4 Å². The first-order valence-electron chi connectivity index (χ1n) is 8.40. The molecule has 132 valence electrons. The highest BCUT2D eigenvalue weighted by Crippen LogP contribution is 2.40. The molecule has 1 N–H and O–H groups in total.